The number of nitrogens with zero attached hydrogens (tertiary/aromatic N) is 3. The number of carboxylic acid groups (broad SMARTS) is 1. The van der Waals surface area contributed by atoms with Crippen LogP contribution in [-0.4, -0.2) is 53.2 Å². The normalized spacial score (nSPS) is 14.2. The van der Waals surface area contributed by atoms with Crippen molar-refractivity contribution in [3.05, 3.63) is 58.9 Å². The summed E-state index contributed by atoms with van der Waals surface area (Å²) in [5, 5.41) is 9.69. The molecule has 0 spiro atoms. The number of carbonyl (C=O) groups excluding carboxylic acids is 1. The number of hydrogen-bond acceptors (Lipinski definition) is 5. The van der Waals surface area contributed by atoms with Crippen molar-refractivity contribution in [2.75, 3.05) is 31.1 Å². The molecule has 1 aliphatic heterocycles. The fourth-order valence-corrected chi connectivity index (χ4v) is 2.81. The Balaban J connectivity index is 1.51. The smallest absolute Gasteiger partial charge is 0.410 e. The number of anilines is 1. The fraction of sp³-hybridized carbons (Fsp3) is 0.278. The molecule has 26 heavy (non-hydrogen) atoms. The second-order valence-electron chi connectivity index (χ2n) is 5.89. The first-order valence-electron chi connectivity index (χ1n) is 8.12. The highest BCUT2D eigenvalue weighted by molar-refractivity contribution is 6.30. The van der Waals surface area contributed by atoms with Crippen molar-refractivity contribution in [3.63, 3.8) is 0 Å². The average molecular weight is 376 g/mol. The number of carbonyl (C=O) groups is 2. The molecule has 2 aromatic rings. The van der Waals surface area contributed by atoms with Gasteiger partial charge in [-0.2, -0.15) is 0 Å². The molecule has 1 aliphatic rings. The van der Waals surface area contributed by atoms with Crippen molar-refractivity contribution in [2.45, 2.75) is 6.61 Å². The maximum atomic E-state index is 12.2. The van der Waals surface area contributed by atoms with E-state index in [2.05, 4.69) is 4.98 Å². The Kier molecular flexibility index (Phi) is 5.58. The van der Waals surface area contributed by atoms with E-state index < -0.39 is 5.97 Å². The molecule has 0 bridgehead atoms. The summed E-state index contributed by atoms with van der Waals surface area (Å²) in [6.45, 7) is 2.36. The number of halogens is 1. The van der Waals surface area contributed by atoms with Gasteiger partial charge in [0, 0.05) is 37.4 Å². The molecule has 1 aromatic carbocycles. The summed E-state index contributed by atoms with van der Waals surface area (Å²) in [7, 11) is 0. The van der Waals surface area contributed by atoms with Crippen LogP contribution in [0, 0.1) is 0 Å². The van der Waals surface area contributed by atoms with Crippen LogP contribution in [-0.2, 0) is 11.3 Å². The lowest BCUT2D eigenvalue weighted by Gasteiger charge is -2.35. The van der Waals surface area contributed by atoms with E-state index in [1.165, 1.54) is 6.20 Å². The summed E-state index contributed by atoms with van der Waals surface area (Å²) in [6.07, 6.45) is 2.58. The summed E-state index contributed by atoms with van der Waals surface area (Å²) in [6, 6.07) is 8.72. The van der Waals surface area contributed by atoms with Crippen LogP contribution in [0.15, 0.2) is 42.7 Å². The standard InChI is InChI=1S/C18H18ClN3O4/c19-15-3-1-13(2-4-15)12-26-18(25)22-7-5-21(6-8-22)16-9-14(17(23)24)10-20-11-16/h1-4,9-11H,5-8,12H2,(H,23,24). The van der Waals surface area contributed by atoms with E-state index in [1.807, 2.05) is 17.0 Å². The van der Waals surface area contributed by atoms with Crippen LogP contribution in [0.1, 0.15) is 15.9 Å². The molecular formula is C18H18ClN3O4. The van der Waals surface area contributed by atoms with E-state index in [0.717, 1.165) is 11.3 Å². The Labute approximate surface area is 155 Å². The van der Waals surface area contributed by atoms with Gasteiger partial charge in [0.05, 0.1) is 17.4 Å². The van der Waals surface area contributed by atoms with Crippen molar-refractivity contribution < 1.29 is 19.4 Å². The Morgan fingerprint density at radius 3 is 2.46 bits per heavy atom. The number of piperazine rings is 1. The van der Waals surface area contributed by atoms with E-state index in [0.29, 0.717) is 31.2 Å². The zero-order valence-corrected chi connectivity index (χ0v) is 14.7. The summed E-state index contributed by atoms with van der Waals surface area (Å²) < 4.78 is 5.33. The molecule has 3 rings (SSSR count). The Hall–Kier alpha value is -2.80. The molecule has 2 heterocycles. The van der Waals surface area contributed by atoms with E-state index in [1.54, 1.807) is 29.3 Å². The number of aromatic nitrogens is 1. The van der Waals surface area contributed by atoms with Gasteiger partial charge in [-0.1, -0.05) is 23.7 Å². The third-order valence-electron chi connectivity index (χ3n) is 4.15. The summed E-state index contributed by atoms with van der Waals surface area (Å²) in [5.74, 6) is -1.01. The van der Waals surface area contributed by atoms with E-state index in [4.69, 9.17) is 21.4 Å². The summed E-state index contributed by atoms with van der Waals surface area (Å²) in [5.41, 5.74) is 1.75. The van der Waals surface area contributed by atoms with Crippen LogP contribution < -0.4 is 4.90 Å². The maximum Gasteiger partial charge on any atom is 0.410 e. The quantitative estimate of drug-likeness (QED) is 0.884. The molecule has 1 N–H and O–H groups in total. The number of carboxylic acids is 1. The first kappa shape index (κ1) is 18.0. The van der Waals surface area contributed by atoms with E-state index in [-0.39, 0.29) is 18.3 Å². The Bertz CT molecular complexity index is 789. The molecule has 0 atom stereocenters. The van der Waals surface area contributed by atoms with Gasteiger partial charge in [-0.3, -0.25) is 4.98 Å². The zero-order chi connectivity index (χ0) is 18.5. The van der Waals surface area contributed by atoms with Crippen molar-refractivity contribution in [1.29, 1.82) is 0 Å². The van der Waals surface area contributed by atoms with Crippen LogP contribution >= 0.6 is 11.6 Å². The minimum atomic E-state index is -1.01. The second-order valence-corrected chi connectivity index (χ2v) is 6.33. The molecule has 0 aliphatic carbocycles. The van der Waals surface area contributed by atoms with Gasteiger partial charge in [-0.25, -0.2) is 9.59 Å². The molecule has 0 radical (unpaired) electrons. The number of ether oxygens (including phenoxy) is 1. The molecule has 1 aromatic heterocycles. The molecule has 136 valence electrons. The van der Waals surface area contributed by atoms with Gasteiger partial charge in [-0.15, -0.1) is 0 Å². The highest BCUT2D eigenvalue weighted by Crippen LogP contribution is 2.17. The van der Waals surface area contributed by atoms with Crippen molar-refractivity contribution >= 4 is 29.4 Å². The van der Waals surface area contributed by atoms with Gasteiger partial charge in [0.2, 0.25) is 0 Å². The molecular weight excluding hydrogens is 358 g/mol. The molecule has 1 fully saturated rings. The lowest BCUT2D eigenvalue weighted by Crippen LogP contribution is -2.49. The number of aromatic carboxylic acids is 1. The zero-order valence-electron chi connectivity index (χ0n) is 14.0. The lowest BCUT2D eigenvalue weighted by molar-refractivity contribution is 0.0696. The van der Waals surface area contributed by atoms with Crippen LogP contribution in [0.4, 0.5) is 10.5 Å². The van der Waals surface area contributed by atoms with E-state index >= 15 is 0 Å². The predicted molar refractivity (Wildman–Crippen MR) is 96.6 cm³/mol. The number of pyridine rings is 1. The van der Waals surface area contributed by atoms with Crippen LogP contribution in [0.3, 0.4) is 0 Å². The van der Waals surface area contributed by atoms with Crippen molar-refractivity contribution in [3.8, 4) is 0 Å². The number of benzene rings is 1. The molecule has 1 saturated heterocycles. The largest absolute Gasteiger partial charge is 0.478 e. The fourth-order valence-electron chi connectivity index (χ4n) is 2.68. The third-order valence-corrected chi connectivity index (χ3v) is 4.40. The van der Waals surface area contributed by atoms with Gasteiger partial charge in [-0.05, 0) is 23.8 Å². The van der Waals surface area contributed by atoms with Crippen molar-refractivity contribution in [2.24, 2.45) is 0 Å². The van der Waals surface area contributed by atoms with Gasteiger partial charge >= 0.3 is 12.1 Å². The van der Waals surface area contributed by atoms with Crippen LogP contribution in [0.25, 0.3) is 0 Å². The monoisotopic (exact) mass is 375 g/mol. The van der Waals surface area contributed by atoms with Gasteiger partial charge in [0.25, 0.3) is 0 Å². The highest BCUT2D eigenvalue weighted by atomic mass is 35.5. The van der Waals surface area contributed by atoms with E-state index in [9.17, 15) is 9.59 Å². The lowest BCUT2D eigenvalue weighted by atomic mass is 10.2. The number of hydrogen-bond donors (Lipinski definition) is 1. The number of rotatable bonds is 4. The van der Waals surface area contributed by atoms with Crippen LogP contribution in [0.5, 0.6) is 0 Å². The predicted octanol–water partition coefficient (Wildman–Crippen LogP) is 2.89. The first-order chi connectivity index (χ1) is 12.5. The Morgan fingerprint density at radius 2 is 1.81 bits per heavy atom. The number of amides is 1. The molecule has 1 amide bonds. The molecule has 0 unspecified atom stereocenters. The third kappa shape index (κ3) is 4.43. The SMILES string of the molecule is O=C(O)c1cncc(N2CCN(C(=O)OCc3ccc(Cl)cc3)CC2)c1. The maximum absolute atomic E-state index is 12.2. The molecule has 7 nitrogen and oxygen atoms in total. The summed E-state index contributed by atoms with van der Waals surface area (Å²) in [4.78, 5) is 30.9. The van der Waals surface area contributed by atoms with Gasteiger partial charge in [0.15, 0.2) is 0 Å². The first-order valence-corrected chi connectivity index (χ1v) is 8.50. The topological polar surface area (TPSA) is 83.0 Å². The Morgan fingerprint density at radius 1 is 1.12 bits per heavy atom. The average Bonchev–Trinajstić information content (AvgIpc) is 2.67. The van der Waals surface area contributed by atoms with Crippen molar-refractivity contribution in [1.82, 2.24) is 9.88 Å². The molecule has 0 saturated carbocycles. The summed E-state index contributed by atoms with van der Waals surface area (Å²) >= 11 is 5.83. The second kappa shape index (κ2) is 8.05. The van der Waals surface area contributed by atoms with Gasteiger partial charge < -0.3 is 19.6 Å². The highest BCUT2D eigenvalue weighted by Gasteiger charge is 2.23. The van der Waals surface area contributed by atoms with Crippen LogP contribution in [0.2, 0.25) is 5.02 Å². The van der Waals surface area contributed by atoms with Gasteiger partial charge in [0.1, 0.15) is 6.61 Å². The molecule has 8 heteroatoms. The minimum Gasteiger partial charge on any atom is -0.478 e. The minimum absolute atomic E-state index is 0.146.